The summed E-state index contributed by atoms with van der Waals surface area (Å²) in [7, 11) is 0. The second kappa shape index (κ2) is 3.58. The smallest absolute Gasteiger partial charge is 0.153 e. The average molecular weight is 187 g/mol. The molecule has 66 valence electrons. The lowest BCUT2D eigenvalue weighted by atomic mass is 10.2. The number of aromatic nitrogens is 2. The van der Waals surface area contributed by atoms with Gasteiger partial charge in [0.05, 0.1) is 11.9 Å². The highest BCUT2D eigenvalue weighted by atomic mass is 35.5. The zero-order chi connectivity index (χ0) is 7.68. The number of nitrogens with zero attached hydrogens (tertiary/aromatic N) is 2. The van der Waals surface area contributed by atoms with Crippen LogP contribution in [0.25, 0.3) is 0 Å². The largest absolute Gasteiger partial charge is 0.379 e. The van der Waals surface area contributed by atoms with Gasteiger partial charge in [0.1, 0.15) is 6.33 Å². The zero-order valence-corrected chi connectivity index (χ0v) is 7.56. The van der Waals surface area contributed by atoms with Gasteiger partial charge in [0, 0.05) is 12.6 Å². The number of hydrogen-bond acceptors (Lipinski definition) is 4. The predicted octanol–water partition coefficient (Wildman–Crippen LogP) is 1.12. The number of anilines is 2. The summed E-state index contributed by atoms with van der Waals surface area (Å²) in [6, 6.07) is 0.442. The minimum atomic E-state index is 0. The molecule has 1 atom stereocenters. The van der Waals surface area contributed by atoms with Crippen LogP contribution in [0.5, 0.6) is 0 Å². The topological polar surface area (TPSA) is 49.8 Å². The van der Waals surface area contributed by atoms with Gasteiger partial charge in [0.2, 0.25) is 0 Å². The quantitative estimate of drug-likeness (QED) is 0.638. The fourth-order valence-electron chi connectivity index (χ4n) is 1.12. The molecule has 2 heterocycles. The molecule has 1 aliphatic rings. The van der Waals surface area contributed by atoms with Crippen molar-refractivity contribution in [1.82, 2.24) is 9.97 Å². The van der Waals surface area contributed by atoms with Crippen molar-refractivity contribution in [2.45, 2.75) is 13.0 Å². The van der Waals surface area contributed by atoms with Crippen LogP contribution in [-0.2, 0) is 0 Å². The number of nitrogens with one attached hydrogen (secondary N) is 2. The Hall–Kier alpha value is -1.03. The Kier molecular flexibility index (Phi) is 2.70. The Labute approximate surface area is 77.2 Å². The van der Waals surface area contributed by atoms with E-state index in [1.165, 1.54) is 0 Å². The van der Waals surface area contributed by atoms with E-state index in [1.807, 2.05) is 0 Å². The molecule has 12 heavy (non-hydrogen) atoms. The van der Waals surface area contributed by atoms with Crippen molar-refractivity contribution in [2.75, 3.05) is 17.2 Å². The maximum Gasteiger partial charge on any atom is 0.153 e. The van der Waals surface area contributed by atoms with Gasteiger partial charge in [-0.1, -0.05) is 0 Å². The fourth-order valence-corrected chi connectivity index (χ4v) is 1.12. The first-order valence-electron chi connectivity index (χ1n) is 3.66. The van der Waals surface area contributed by atoms with Crippen molar-refractivity contribution in [3.05, 3.63) is 12.5 Å². The average Bonchev–Trinajstić information content (AvgIpc) is 2.04. The summed E-state index contributed by atoms with van der Waals surface area (Å²) in [5, 5.41) is 6.47. The number of fused-ring (bicyclic) bond motifs is 1. The molecule has 0 spiro atoms. The van der Waals surface area contributed by atoms with Crippen LogP contribution < -0.4 is 10.6 Å². The minimum Gasteiger partial charge on any atom is -0.379 e. The molecule has 0 aliphatic carbocycles. The summed E-state index contributed by atoms with van der Waals surface area (Å²) in [5.74, 6) is 0.902. The predicted molar refractivity (Wildman–Crippen MR) is 50.9 cm³/mol. The normalized spacial score (nSPS) is 19.6. The minimum absolute atomic E-state index is 0. The van der Waals surface area contributed by atoms with Gasteiger partial charge in [0.15, 0.2) is 5.82 Å². The van der Waals surface area contributed by atoms with E-state index in [0.29, 0.717) is 6.04 Å². The van der Waals surface area contributed by atoms with Crippen LogP contribution in [0.1, 0.15) is 6.92 Å². The third-order valence-corrected chi connectivity index (χ3v) is 1.69. The molecule has 0 saturated carbocycles. The van der Waals surface area contributed by atoms with Crippen molar-refractivity contribution in [3.8, 4) is 0 Å². The molecule has 0 bridgehead atoms. The van der Waals surface area contributed by atoms with Gasteiger partial charge in [-0.25, -0.2) is 9.97 Å². The van der Waals surface area contributed by atoms with Gasteiger partial charge < -0.3 is 10.6 Å². The summed E-state index contributed by atoms with van der Waals surface area (Å²) < 4.78 is 0. The van der Waals surface area contributed by atoms with Crippen LogP contribution in [0.2, 0.25) is 0 Å². The van der Waals surface area contributed by atoms with Crippen LogP contribution >= 0.6 is 12.4 Å². The highest BCUT2D eigenvalue weighted by molar-refractivity contribution is 5.85. The van der Waals surface area contributed by atoms with E-state index in [0.717, 1.165) is 18.1 Å². The van der Waals surface area contributed by atoms with E-state index in [2.05, 4.69) is 27.5 Å². The Bertz CT molecular complexity index is 265. The molecular formula is C7H11ClN4. The first kappa shape index (κ1) is 9.06. The Morgan fingerprint density at radius 2 is 2.42 bits per heavy atom. The van der Waals surface area contributed by atoms with E-state index in [4.69, 9.17) is 0 Å². The lowest BCUT2D eigenvalue weighted by Crippen LogP contribution is -2.30. The first-order valence-corrected chi connectivity index (χ1v) is 3.66. The first-order chi connectivity index (χ1) is 5.36. The molecule has 0 unspecified atom stereocenters. The van der Waals surface area contributed by atoms with E-state index < -0.39 is 0 Å². The van der Waals surface area contributed by atoms with Crippen molar-refractivity contribution in [1.29, 1.82) is 0 Å². The molecule has 1 aromatic heterocycles. The van der Waals surface area contributed by atoms with E-state index >= 15 is 0 Å². The molecule has 0 radical (unpaired) electrons. The molecule has 1 aromatic rings. The summed E-state index contributed by atoms with van der Waals surface area (Å²) >= 11 is 0. The van der Waals surface area contributed by atoms with Crippen LogP contribution in [0.4, 0.5) is 11.5 Å². The molecule has 0 aromatic carbocycles. The molecule has 2 N–H and O–H groups in total. The maximum absolute atomic E-state index is 4.08. The molecule has 1 aliphatic heterocycles. The summed E-state index contributed by atoms with van der Waals surface area (Å²) in [6.45, 7) is 3.04. The Morgan fingerprint density at radius 1 is 1.58 bits per heavy atom. The number of halogens is 1. The van der Waals surface area contributed by atoms with Crippen molar-refractivity contribution in [3.63, 3.8) is 0 Å². The second-order valence-corrected chi connectivity index (χ2v) is 2.71. The highest BCUT2D eigenvalue weighted by Gasteiger charge is 2.12. The number of hydrogen-bond donors (Lipinski definition) is 2. The second-order valence-electron chi connectivity index (χ2n) is 2.71. The monoisotopic (exact) mass is 186 g/mol. The van der Waals surface area contributed by atoms with Crippen molar-refractivity contribution >= 4 is 23.9 Å². The van der Waals surface area contributed by atoms with Crippen molar-refractivity contribution in [2.24, 2.45) is 0 Å². The lowest BCUT2D eigenvalue weighted by molar-refractivity contribution is 0.804. The summed E-state index contributed by atoms with van der Waals surface area (Å²) in [6.07, 6.45) is 3.33. The lowest BCUT2D eigenvalue weighted by Gasteiger charge is -2.23. The van der Waals surface area contributed by atoms with E-state index in [9.17, 15) is 0 Å². The standard InChI is InChI=1S/C7H10N4.ClH/c1-5-2-9-6-3-8-4-10-7(6)11-5;/h3-5,9H,2H2,1H3,(H,8,10,11);1H/t5-;/m0./s1. The SMILES string of the molecule is C[C@H]1CNc2cncnc2N1.Cl. The third-order valence-electron chi connectivity index (χ3n) is 1.69. The van der Waals surface area contributed by atoms with E-state index in [1.54, 1.807) is 12.5 Å². The van der Waals surface area contributed by atoms with Crippen molar-refractivity contribution < 1.29 is 0 Å². The van der Waals surface area contributed by atoms with E-state index in [-0.39, 0.29) is 12.4 Å². The molecule has 0 amide bonds. The fraction of sp³-hybridized carbons (Fsp3) is 0.429. The summed E-state index contributed by atoms with van der Waals surface area (Å²) in [4.78, 5) is 7.99. The maximum atomic E-state index is 4.08. The van der Waals surface area contributed by atoms with Gasteiger partial charge in [-0.15, -0.1) is 12.4 Å². The highest BCUT2D eigenvalue weighted by Crippen LogP contribution is 2.20. The molecule has 0 fully saturated rings. The van der Waals surface area contributed by atoms with Crippen LogP contribution in [0, 0.1) is 0 Å². The Balaban J connectivity index is 0.000000720. The van der Waals surface area contributed by atoms with Gasteiger partial charge >= 0.3 is 0 Å². The third kappa shape index (κ3) is 1.58. The Morgan fingerprint density at radius 3 is 3.25 bits per heavy atom. The van der Waals surface area contributed by atoms with Crippen LogP contribution in [0.3, 0.4) is 0 Å². The summed E-state index contributed by atoms with van der Waals surface area (Å²) in [5.41, 5.74) is 0.991. The van der Waals surface area contributed by atoms with Gasteiger partial charge in [-0.3, -0.25) is 0 Å². The molecular weight excluding hydrogens is 176 g/mol. The zero-order valence-electron chi connectivity index (χ0n) is 6.74. The van der Waals surface area contributed by atoms with Gasteiger partial charge in [-0.2, -0.15) is 0 Å². The van der Waals surface area contributed by atoms with Gasteiger partial charge in [-0.05, 0) is 6.92 Å². The number of rotatable bonds is 0. The van der Waals surface area contributed by atoms with Crippen LogP contribution in [-0.4, -0.2) is 22.6 Å². The van der Waals surface area contributed by atoms with Crippen LogP contribution in [0.15, 0.2) is 12.5 Å². The van der Waals surface area contributed by atoms with Gasteiger partial charge in [0.25, 0.3) is 0 Å². The molecule has 5 heteroatoms. The molecule has 0 saturated heterocycles. The molecule has 4 nitrogen and oxygen atoms in total. The molecule has 2 rings (SSSR count).